The molecular weight excluding hydrogens is 416 g/mol. The number of hydrogen-bond acceptors (Lipinski definition) is 7. The first kappa shape index (κ1) is 19.4. The Bertz CT molecular complexity index is 1170. The molecule has 0 aliphatic heterocycles. The first-order valence-electron chi connectivity index (χ1n) is 10.2. The molecule has 0 saturated heterocycles. The number of fused-ring (bicyclic) bond motifs is 1. The van der Waals surface area contributed by atoms with E-state index in [-0.39, 0.29) is 5.91 Å². The van der Waals surface area contributed by atoms with Gasteiger partial charge in [-0.3, -0.25) is 4.79 Å². The van der Waals surface area contributed by atoms with E-state index in [0.29, 0.717) is 24.3 Å². The third-order valence-electron chi connectivity index (χ3n) is 5.85. The van der Waals surface area contributed by atoms with Crippen LogP contribution in [0.1, 0.15) is 53.5 Å². The predicted molar refractivity (Wildman–Crippen MR) is 119 cm³/mol. The number of thiazole rings is 1. The monoisotopic (exact) mass is 438 g/mol. The SMILES string of the molecule is Cc1ncsc1-c1nnc(C2CCC(CNC(=O)c3csc4ccccc34)CC2)o1. The van der Waals surface area contributed by atoms with Crippen molar-refractivity contribution < 1.29 is 9.21 Å². The minimum Gasteiger partial charge on any atom is -0.420 e. The molecular formula is C22H22N4O2S2. The van der Waals surface area contributed by atoms with E-state index in [4.69, 9.17) is 4.42 Å². The molecule has 154 valence electrons. The van der Waals surface area contributed by atoms with Crippen LogP contribution in [-0.4, -0.2) is 27.6 Å². The van der Waals surface area contributed by atoms with E-state index in [9.17, 15) is 4.79 Å². The van der Waals surface area contributed by atoms with Gasteiger partial charge in [-0.05, 0) is 44.6 Å². The Labute approximate surface area is 182 Å². The third kappa shape index (κ3) is 3.77. The van der Waals surface area contributed by atoms with Gasteiger partial charge in [0, 0.05) is 27.9 Å². The maximum atomic E-state index is 12.6. The smallest absolute Gasteiger partial charge is 0.259 e. The molecule has 1 aliphatic rings. The third-order valence-corrected chi connectivity index (χ3v) is 7.73. The van der Waals surface area contributed by atoms with Gasteiger partial charge in [-0.2, -0.15) is 0 Å². The molecule has 1 aromatic carbocycles. The van der Waals surface area contributed by atoms with Gasteiger partial charge in [0.05, 0.1) is 16.8 Å². The van der Waals surface area contributed by atoms with Gasteiger partial charge in [0.1, 0.15) is 4.88 Å². The molecule has 30 heavy (non-hydrogen) atoms. The van der Waals surface area contributed by atoms with Crippen LogP contribution in [0.5, 0.6) is 0 Å². The van der Waals surface area contributed by atoms with Crippen LogP contribution >= 0.6 is 22.7 Å². The number of rotatable bonds is 5. The standard InChI is InChI=1S/C22H22N4O2S2/c1-13-19(30-12-24-13)22-26-25-21(28-22)15-8-6-14(7-9-15)10-23-20(27)17-11-29-18-5-3-2-4-16(17)18/h2-5,11-12,14-15H,6-10H2,1H3,(H,23,27). The van der Waals surface area contributed by atoms with E-state index in [2.05, 4.69) is 26.6 Å². The molecule has 3 aromatic heterocycles. The fraction of sp³-hybridized carbons (Fsp3) is 0.364. The Balaban J connectivity index is 1.15. The minimum atomic E-state index is 0.0241. The average Bonchev–Trinajstić information content (AvgIpc) is 3.51. The van der Waals surface area contributed by atoms with E-state index in [1.807, 2.05) is 30.5 Å². The van der Waals surface area contributed by atoms with Gasteiger partial charge >= 0.3 is 0 Å². The lowest BCUT2D eigenvalue weighted by Crippen LogP contribution is -2.31. The Hall–Kier alpha value is -2.58. The van der Waals surface area contributed by atoms with Crippen molar-refractivity contribution in [2.75, 3.05) is 6.54 Å². The topological polar surface area (TPSA) is 80.9 Å². The molecule has 1 saturated carbocycles. The summed E-state index contributed by atoms with van der Waals surface area (Å²) < 4.78 is 7.10. The first-order chi connectivity index (χ1) is 14.7. The summed E-state index contributed by atoms with van der Waals surface area (Å²) in [7, 11) is 0. The van der Waals surface area contributed by atoms with Crippen molar-refractivity contribution in [3.8, 4) is 10.8 Å². The van der Waals surface area contributed by atoms with Crippen molar-refractivity contribution in [1.29, 1.82) is 0 Å². The van der Waals surface area contributed by atoms with Crippen molar-refractivity contribution in [3.63, 3.8) is 0 Å². The van der Waals surface area contributed by atoms with Crippen molar-refractivity contribution in [3.05, 3.63) is 52.3 Å². The highest BCUT2D eigenvalue weighted by molar-refractivity contribution is 7.17. The maximum absolute atomic E-state index is 12.6. The zero-order chi connectivity index (χ0) is 20.5. The summed E-state index contributed by atoms with van der Waals surface area (Å²) in [4.78, 5) is 17.9. The molecule has 1 N–H and O–H groups in total. The number of amides is 1. The number of carbonyl (C=O) groups excluding carboxylic acids is 1. The average molecular weight is 439 g/mol. The molecule has 6 nitrogen and oxygen atoms in total. The van der Waals surface area contributed by atoms with Crippen LogP contribution in [0.25, 0.3) is 20.9 Å². The number of thiophene rings is 1. The largest absolute Gasteiger partial charge is 0.420 e. The summed E-state index contributed by atoms with van der Waals surface area (Å²) in [6, 6.07) is 8.05. The summed E-state index contributed by atoms with van der Waals surface area (Å²) in [6.07, 6.45) is 4.11. The molecule has 1 amide bonds. The molecule has 0 spiro atoms. The number of carbonyl (C=O) groups is 1. The highest BCUT2D eigenvalue weighted by atomic mass is 32.1. The molecule has 8 heteroatoms. The van der Waals surface area contributed by atoms with Crippen molar-refractivity contribution in [1.82, 2.24) is 20.5 Å². The summed E-state index contributed by atoms with van der Waals surface area (Å²) in [6.45, 7) is 2.67. The molecule has 0 unspecified atom stereocenters. The Morgan fingerprint density at radius 2 is 2.00 bits per heavy atom. The first-order valence-corrected chi connectivity index (χ1v) is 11.9. The minimum absolute atomic E-state index is 0.0241. The molecule has 5 rings (SSSR count). The highest BCUT2D eigenvalue weighted by Gasteiger charge is 2.27. The number of hydrogen-bond donors (Lipinski definition) is 1. The predicted octanol–water partition coefficient (Wildman–Crippen LogP) is 5.42. The van der Waals surface area contributed by atoms with Gasteiger partial charge in [-0.1, -0.05) is 18.2 Å². The van der Waals surface area contributed by atoms with Crippen LogP contribution in [0.3, 0.4) is 0 Å². The Morgan fingerprint density at radius 1 is 1.17 bits per heavy atom. The van der Waals surface area contributed by atoms with Crippen molar-refractivity contribution >= 4 is 38.7 Å². The van der Waals surface area contributed by atoms with E-state index in [1.54, 1.807) is 16.8 Å². The van der Waals surface area contributed by atoms with E-state index in [0.717, 1.165) is 57.8 Å². The molecule has 0 bridgehead atoms. The molecule has 3 heterocycles. The van der Waals surface area contributed by atoms with Crippen LogP contribution < -0.4 is 5.32 Å². The molecule has 0 atom stereocenters. The molecule has 1 fully saturated rings. The fourth-order valence-corrected chi connectivity index (χ4v) is 5.76. The van der Waals surface area contributed by atoms with Crippen LogP contribution in [0, 0.1) is 12.8 Å². The van der Waals surface area contributed by atoms with Gasteiger partial charge in [0.25, 0.3) is 11.8 Å². The van der Waals surface area contributed by atoms with Crippen molar-refractivity contribution in [2.45, 2.75) is 38.5 Å². The van der Waals surface area contributed by atoms with E-state index >= 15 is 0 Å². The van der Waals surface area contributed by atoms with Crippen LogP contribution in [-0.2, 0) is 0 Å². The second kappa shape index (κ2) is 8.28. The number of aryl methyl sites for hydroxylation is 1. The number of benzene rings is 1. The highest BCUT2D eigenvalue weighted by Crippen LogP contribution is 2.36. The Morgan fingerprint density at radius 3 is 2.80 bits per heavy atom. The summed E-state index contributed by atoms with van der Waals surface area (Å²) in [5.74, 6) is 2.11. The van der Waals surface area contributed by atoms with Crippen LogP contribution in [0.2, 0.25) is 0 Å². The second-order valence-corrected chi connectivity index (χ2v) is 9.55. The summed E-state index contributed by atoms with van der Waals surface area (Å²) in [5, 5.41) is 14.6. The maximum Gasteiger partial charge on any atom is 0.259 e. The van der Waals surface area contributed by atoms with Gasteiger partial charge in [-0.25, -0.2) is 4.98 Å². The van der Waals surface area contributed by atoms with Crippen LogP contribution in [0.15, 0.2) is 39.6 Å². The zero-order valence-electron chi connectivity index (χ0n) is 16.6. The number of nitrogens with zero attached hydrogens (tertiary/aromatic N) is 3. The lowest BCUT2D eigenvalue weighted by Gasteiger charge is -2.26. The fourth-order valence-electron chi connectivity index (χ4n) is 4.10. The molecule has 0 radical (unpaired) electrons. The molecule has 4 aromatic rings. The second-order valence-electron chi connectivity index (χ2n) is 7.79. The lowest BCUT2D eigenvalue weighted by molar-refractivity contribution is 0.0944. The van der Waals surface area contributed by atoms with Crippen molar-refractivity contribution in [2.24, 2.45) is 5.92 Å². The summed E-state index contributed by atoms with van der Waals surface area (Å²) in [5.41, 5.74) is 3.50. The number of nitrogens with one attached hydrogen (secondary N) is 1. The van der Waals surface area contributed by atoms with Gasteiger partial charge < -0.3 is 9.73 Å². The van der Waals surface area contributed by atoms with Crippen LogP contribution in [0.4, 0.5) is 0 Å². The Kier molecular flexibility index (Phi) is 5.35. The lowest BCUT2D eigenvalue weighted by atomic mass is 9.82. The van der Waals surface area contributed by atoms with Gasteiger partial charge in [0.2, 0.25) is 5.89 Å². The zero-order valence-corrected chi connectivity index (χ0v) is 18.3. The molecule has 1 aliphatic carbocycles. The van der Waals surface area contributed by atoms with E-state index < -0.39 is 0 Å². The normalized spacial score (nSPS) is 19.2. The van der Waals surface area contributed by atoms with E-state index in [1.165, 1.54) is 11.3 Å². The number of aromatic nitrogens is 3. The quantitative estimate of drug-likeness (QED) is 0.450. The van der Waals surface area contributed by atoms with Gasteiger partial charge in [0.15, 0.2) is 0 Å². The van der Waals surface area contributed by atoms with Gasteiger partial charge in [-0.15, -0.1) is 32.9 Å². The summed E-state index contributed by atoms with van der Waals surface area (Å²) >= 11 is 3.14.